The molecule has 1 atom stereocenters. The molecular formula is C22H20N4O8. The number of oxime groups is 1. The number of nitrogens with two attached hydrogens (primary N) is 1. The fourth-order valence-electron chi connectivity index (χ4n) is 3.75. The fraction of sp³-hybridized carbons (Fsp3) is 0.227. The SMILES string of the molecule is N=C(N)Nc1ccc(C(=O)Oc2cc3c(c(C4=NOC(CC(=O)O)(C(=O)O)C4)c2)CCO3)cc1. The number of fused-ring (bicyclic) bond motifs is 1. The summed E-state index contributed by atoms with van der Waals surface area (Å²) in [6.07, 6.45) is -0.526. The topological polar surface area (TPSA) is 194 Å². The van der Waals surface area contributed by atoms with E-state index in [9.17, 15) is 19.5 Å². The molecule has 2 heterocycles. The third-order valence-corrected chi connectivity index (χ3v) is 5.32. The summed E-state index contributed by atoms with van der Waals surface area (Å²) in [7, 11) is 0. The monoisotopic (exact) mass is 468 g/mol. The molecule has 2 aromatic rings. The molecule has 2 aliphatic rings. The molecule has 12 nitrogen and oxygen atoms in total. The largest absolute Gasteiger partial charge is 0.493 e. The van der Waals surface area contributed by atoms with Crippen molar-refractivity contribution >= 4 is 35.3 Å². The van der Waals surface area contributed by atoms with E-state index < -0.39 is 29.9 Å². The van der Waals surface area contributed by atoms with Crippen LogP contribution in [0.1, 0.15) is 34.3 Å². The quantitative estimate of drug-likeness (QED) is 0.172. The van der Waals surface area contributed by atoms with E-state index in [0.29, 0.717) is 30.0 Å². The van der Waals surface area contributed by atoms with E-state index >= 15 is 0 Å². The van der Waals surface area contributed by atoms with E-state index in [2.05, 4.69) is 10.5 Å². The molecule has 2 aromatic carbocycles. The van der Waals surface area contributed by atoms with E-state index in [1.807, 2.05) is 0 Å². The fourth-order valence-corrected chi connectivity index (χ4v) is 3.75. The Labute approximate surface area is 192 Å². The van der Waals surface area contributed by atoms with Gasteiger partial charge in [0.1, 0.15) is 11.5 Å². The number of carbonyl (C=O) groups is 3. The van der Waals surface area contributed by atoms with E-state index in [4.69, 9.17) is 30.6 Å². The number of aliphatic carboxylic acids is 2. The number of hydrogen-bond acceptors (Lipinski definition) is 8. The van der Waals surface area contributed by atoms with Gasteiger partial charge in [-0.05, 0) is 30.3 Å². The van der Waals surface area contributed by atoms with Gasteiger partial charge in [0.15, 0.2) is 5.96 Å². The highest BCUT2D eigenvalue weighted by Crippen LogP contribution is 2.38. The van der Waals surface area contributed by atoms with Crippen molar-refractivity contribution in [1.29, 1.82) is 5.41 Å². The van der Waals surface area contributed by atoms with Crippen molar-refractivity contribution in [3.05, 3.63) is 53.1 Å². The molecule has 1 unspecified atom stereocenters. The number of hydrogen-bond donors (Lipinski definition) is 5. The predicted molar refractivity (Wildman–Crippen MR) is 117 cm³/mol. The smallest absolute Gasteiger partial charge is 0.351 e. The lowest BCUT2D eigenvalue weighted by atomic mass is 9.89. The molecular weight excluding hydrogens is 448 g/mol. The highest BCUT2D eigenvalue weighted by molar-refractivity contribution is 6.07. The second-order valence-corrected chi connectivity index (χ2v) is 7.73. The molecule has 0 bridgehead atoms. The number of rotatable bonds is 7. The van der Waals surface area contributed by atoms with Crippen molar-refractivity contribution in [2.75, 3.05) is 11.9 Å². The van der Waals surface area contributed by atoms with Crippen LogP contribution in [0.4, 0.5) is 5.69 Å². The van der Waals surface area contributed by atoms with Crippen LogP contribution in [0.2, 0.25) is 0 Å². The maximum absolute atomic E-state index is 12.6. The molecule has 12 heteroatoms. The Morgan fingerprint density at radius 1 is 1.21 bits per heavy atom. The summed E-state index contributed by atoms with van der Waals surface area (Å²) >= 11 is 0. The summed E-state index contributed by atoms with van der Waals surface area (Å²) in [5.74, 6) is -3.08. The second-order valence-electron chi connectivity index (χ2n) is 7.73. The lowest BCUT2D eigenvalue weighted by Gasteiger charge is -2.19. The summed E-state index contributed by atoms with van der Waals surface area (Å²) in [4.78, 5) is 40.7. The van der Waals surface area contributed by atoms with Gasteiger partial charge in [0, 0.05) is 35.7 Å². The van der Waals surface area contributed by atoms with Crippen molar-refractivity contribution < 1.29 is 38.9 Å². The summed E-state index contributed by atoms with van der Waals surface area (Å²) in [6.45, 7) is 0.373. The number of esters is 1. The number of carboxylic acid groups (broad SMARTS) is 2. The molecule has 0 saturated carbocycles. The van der Waals surface area contributed by atoms with Gasteiger partial charge in [-0.15, -0.1) is 0 Å². The lowest BCUT2D eigenvalue weighted by molar-refractivity contribution is -0.169. The van der Waals surface area contributed by atoms with Crippen molar-refractivity contribution in [3.8, 4) is 11.5 Å². The summed E-state index contributed by atoms with van der Waals surface area (Å²) in [5, 5.41) is 32.4. The van der Waals surface area contributed by atoms with Crippen LogP contribution >= 0.6 is 0 Å². The van der Waals surface area contributed by atoms with Gasteiger partial charge in [0.2, 0.25) is 5.60 Å². The highest BCUT2D eigenvalue weighted by Gasteiger charge is 2.49. The van der Waals surface area contributed by atoms with Gasteiger partial charge >= 0.3 is 17.9 Å². The number of benzene rings is 2. The molecule has 176 valence electrons. The Hall–Kier alpha value is -4.61. The van der Waals surface area contributed by atoms with Gasteiger partial charge in [0.05, 0.1) is 24.3 Å². The second kappa shape index (κ2) is 8.73. The van der Waals surface area contributed by atoms with Crippen LogP contribution in [0.3, 0.4) is 0 Å². The minimum absolute atomic E-state index is 0.139. The standard InChI is InChI=1S/C22H20N4O8/c23-21(24)25-12-3-1-11(2-4-12)19(29)33-13-7-15(14-5-6-32-17(14)8-13)16-9-22(20(30)31,34-26-16)10-18(27)28/h1-4,7-8H,5-6,9-10H2,(H,27,28)(H,30,31)(H4,23,24,25). The average Bonchev–Trinajstić information content (AvgIpc) is 3.41. The third-order valence-electron chi connectivity index (χ3n) is 5.32. The number of nitrogens with one attached hydrogen (secondary N) is 2. The first-order chi connectivity index (χ1) is 16.2. The first-order valence-electron chi connectivity index (χ1n) is 10.1. The molecule has 0 aliphatic carbocycles. The number of ether oxygens (including phenoxy) is 2. The van der Waals surface area contributed by atoms with E-state index in [1.54, 1.807) is 18.2 Å². The Morgan fingerprint density at radius 2 is 1.94 bits per heavy atom. The van der Waals surface area contributed by atoms with Crippen molar-refractivity contribution in [3.63, 3.8) is 0 Å². The zero-order chi connectivity index (χ0) is 24.5. The van der Waals surface area contributed by atoms with E-state index in [1.165, 1.54) is 18.2 Å². The van der Waals surface area contributed by atoms with Crippen LogP contribution in [-0.2, 0) is 20.8 Å². The molecule has 34 heavy (non-hydrogen) atoms. The van der Waals surface area contributed by atoms with Gasteiger partial charge in [-0.25, -0.2) is 9.59 Å². The molecule has 0 saturated heterocycles. The summed E-state index contributed by atoms with van der Waals surface area (Å²) < 4.78 is 11.1. The minimum Gasteiger partial charge on any atom is -0.493 e. The van der Waals surface area contributed by atoms with Crippen molar-refractivity contribution in [2.24, 2.45) is 10.9 Å². The Balaban J connectivity index is 1.58. The number of carbonyl (C=O) groups excluding carboxylic acids is 1. The minimum atomic E-state index is -2.02. The van der Waals surface area contributed by atoms with Crippen LogP contribution in [0.5, 0.6) is 11.5 Å². The maximum Gasteiger partial charge on any atom is 0.351 e. The summed E-state index contributed by atoms with van der Waals surface area (Å²) in [6, 6.07) is 9.20. The predicted octanol–water partition coefficient (Wildman–Crippen LogP) is 1.57. The number of carboxylic acids is 2. The first kappa shape index (κ1) is 22.6. The van der Waals surface area contributed by atoms with Crippen LogP contribution in [-0.4, -0.2) is 52.0 Å². The molecule has 0 fully saturated rings. The van der Waals surface area contributed by atoms with E-state index in [-0.39, 0.29) is 29.4 Å². The number of nitrogens with zero attached hydrogens (tertiary/aromatic N) is 1. The molecule has 2 aliphatic heterocycles. The van der Waals surface area contributed by atoms with Crippen molar-refractivity contribution in [2.45, 2.75) is 24.9 Å². The van der Waals surface area contributed by atoms with Crippen LogP contribution in [0.25, 0.3) is 0 Å². The number of guanidine groups is 1. The zero-order valence-electron chi connectivity index (χ0n) is 17.7. The van der Waals surface area contributed by atoms with Gasteiger partial charge < -0.3 is 35.6 Å². The van der Waals surface area contributed by atoms with Crippen LogP contribution in [0, 0.1) is 5.41 Å². The molecule has 4 rings (SSSR count). The molecule has 0 aromatic heterocycles. The van der Waals surface area contributed by atoms with Gasteiger partial charge in [-0.1, -0.05) is 5.16 Å². The van der Waals surface area contributed by atoms with Gasteiger partial charge in [-0.3, -0.25) is 10.2 Å². The normalized spacial score (nSPS) is 18.2. The average molecular weight is 468 g/mol. The van der Waals surface area contributed by atoms with Gasteiger partial charge in [-0.2, -0.15) is 0 Å². The van der Waals surface area contributed by atoms with Crippen LogP contribution in [0.15, 0.2) is 41.6 Å². The zero-order valence-corrected chi connectivity index (χ0v) is 17.7. The Kier molecular flexibility index (Phi) is 5.80. The molecule has 0 radical (unpaired) electrons. The molecule has 6 N–H and O–H groups in total. The van der Waals surface area contributed by atoms with E-state index in [0.717, 1.165) is 5.56 Å². The highest BCUT2D eigenvalue weighted by atomic mass is 16.7. The first-order valence-corrected chi connectivity index (χ1v) is 10.1. The van der Waals surface area contributed by atoms with Gasteiger partial charge in [0.25, 0.3) is 0 Å². The molecule has 0 amide bonds. The number of anilines is 1. The Morgan fingerprint density at radius 3 is 2.59 bits per heavy atom. The Bertz CT molecular complexity index is 1220. The summed E-state index contributed by atoms with van der Waals surface area (Å²) in [5.41, 5.74) is 5.46. The lowest BCUT2D eigenvalue weighted by Crippen LogP contribution is -2.41. The third kappa shape index (κ3) is 4.46. The van der Waals surface area contributed by atoms with Crippen molar-refractivity contribution in [1.82, 2.24) is 0 Å². The maximum atomic E-state index is 12.6. The van der Waals surface area contributed by atoms with Crippen LogP contribution < -0.4 is 20.5 Å². The molecule has 0 spiro atoms.